The number of carbonyl (C=O) groups is 1. The molecule has 0 saturated carbocycles. The molecule has 4 nitrogen and oxygen atoms in total. The minimum absolute atomic E-state index is 0.0382. The van der Waals surface area contributed by atoms with Crippen molar-refractivity contribution in [1.82, 2.24) is 9.55 Å². The van der Waals surface area contributed by atoms with Gasteiger partial charge in [0.15, 0.2) is 0 Å². The molecule has 0 aliphatic carbocycles. The number of aromatic nitrogens is 2. The molecule has 0 fully saturated rings. The van der Waals surface area contributed by atoms with Crippen LogP contribution in [-0.2, 0) is 4.79 Å². The van der Waals surface area contributed by atoms with Crippen LogP contribution in [0.4, 0.5) is 5.69 Å². The molecule has 1 aliphatic rings. The molecule has 0 radical (unpaired) electrons. The molecule has 4 heteroatoms. The molecular weight excluding hydrogens is 274 g/mol. The maximum atomic E-state index is 12.7. The molecule has 1 atom stereocenters. The summed E-state index contributed by atoms with van der Waals surface area (Å²) in [6.07, 6.45) is 1.74. The Kier molecular flexibility index (Phi) is 2.96. The summed E-state index contributed by atoms with van der Waals surface area (Å²) in [6.45, 7) is 2.10. The number of carbonyl (C=O) groups excluding carboxylic acids is 1. The number of hydrogen-bond acceptors (Lipinski definition) is 2. The number of nitrogens with zero attached hydrogens (tertiary/aromatic N) is 2. The first kappa shape index (κ1) is 13.1. The van der Waals surface area contributed by atoms with Gasteiger partial charge in [-0.25, -0.2) is 4.98 Å². The van der Waals surface area contributed by atoms with E-state index < -0.39 is 0 Å². The molecule has 2 heterocycles. The van der Waals surface area contributed by atoms with Crippen LogP contribution in [0.1, 0.15) is 25.8 Å². The molecule has 3 aromatic rings. The van der Waals surface area contributed by atoms with Gasteiger partial charge in [0.25, 0.3) is 0 Å². The van der Waals surface area contributed by atoms with E-state index in [1.54, 1.807) is 0 Å². The summed E-state index contributed by atoms with van der Waals surface area (Å²) in [5.41, 5.74) is 3.76. The quantitative estimate of drug-likeness (QED) is 0.776. The van der Waals surface area contributed by atoms with Crippen molar-refractivity contribution in [2.24, 2.45) is 0 Å². The fourth-order valence-corrected chi connectivity index (χ4v) is 3.20. The van der Waals surface area contributed by atoms with Crippen molar-refractivity contribution in [3.05, 3.63) is 48.5 Å². The summed E-state index contributed by atoms with van der Waals surface area (Å²) < 4.78 is 2.10. The first-order chi connectivity index (χ1) is 10.8. The summed E-state index contributed by atoms with van der Waals surface area (Å²) in [7, 11) is 0. The number of para-hydroxylation sites is 3. The molecule has 22 heavy (non-hydrogen) atoms. The molecule has 0 bridgehead atoms. The van der Waals surface area contributed by atoms with Crippen LogP contribution >= 0.6 is 0 Å². The zero-order valence-corrected chi connectivity index (χ0v) is 12.4. The van der Waals surface area contributed by atoms with Crippen molar-refractivity contribution in [3.63, 3.8) is 0 Å². The number of hydrogen-bond donors (Lipinski definition) is 1. The highest BCUT2D eigenvalue weighted by Gasteiger charge is 2.29. The fourth-order valence-electron chi connectivity index (χ4n) is 3.20. The summed E-state index contributed by atoms with van der Waals surface area (Å²) >= 11 is 0. The fraction of sp³-hybridized carbons (Fsp3) is 0.222. The van der Waals surface area contributed by atoms with Gasteiger partial charge in [-0.3, -0.25) is 4.79 Å². The van der Waals surface area contributed by atoms with E-state index in [9.17, 15) is 4.79 Å². The Morgan fingerprint density at radius 3 is 2.77 bits per heavy atom. The largest absolute Gasteiger partial charge is 0.324 e. The molecule has 110 valence electrons. The van der Waals surface area contributed by atoms with Gasteiger partial charge in [-0.05, 0) is 30.7 Å². The molecular formula is C18H17N3O. The van der Waals surface area contributed by atoms with Crippen molar-refractivity contribution >= 4 is 22.6 Å². The van der Waals surface area contributed by atoms with E-state index in [2.05, 4.69) is 16.8 Å². The van der Waals surface area contributed by atoms with Crippen LogP contribution < -0.4 is 5.32 Å². The molecule has 1 unspecified atom stereocenters. The monoisotopic (exact) mass is 291 g/mol. The number of amides is 1. The van der Waals surface area contributed by atoms with Crippen LogP contribution in [0, 0.1) is 0 Å². The second-order valence-electron chi connectivity index (χ2n) is 5.63. The Bertz CT molecular complexity index is 866. The predicted molar refractivity (Wildman–Crippen MR) is 87.7 cm³/mol. The third kappa shape index (κ3) is 1.84. The molecule has 1 aromatic heterocycles. The third-order valence-electron chi connectivity index (χ3n) is 4.20. The van der Waals surface area contributed by atoms with Crippen molar-refractivity contribution < 1.29 is 4.79 Å². The lowest BCUT2D eigenvalue weighted by Crippen LogP contribution is -2.24. The Morgan fingerprint density at radius 2 is 1.91 bits per heavy atom. The molecule has 4 rings (SSSR count). The average molecular weight is 291 g/mol. The standard InChI is InChI=1S/C18H17N3O/c1-2-7-16-18(22)20-13-9-4-3-8-12(13)17-19-14-10-5-6-11-15(14)21(16)17/h3-6,8-11,16H,2,7H2,1H3,(H,20,22). The van der Waals surface area contributed by atoms with E-state index in [1.165, 1.54) is 0 Å². The lowest BCUT2D eigenvalue weighted by molar-refractivity contribution is -0.119. The van der Waals surface area contributed by atoms with E-state index >= 15 is 0 Å². The van der Waals surface area contributed by atoms with Gasteiger partial charge < -0.3 is 9.88 Å². The molecule has 1 N–H and O–H groups in total. The second kappa shape index (κ2) is 4.98. The van der Waals surface area contributed by atoms with Crippen molar-refractivity contribution in [3.8, 4) is 11.4 Å². The number of benzene rings is 2. The van der Waals surface area contributed by atoms with E-state index in [1.807, 2.05) is 48.5 Å². The van der Waals surface area contributed by atoms with Gasteiger partial charge in [0.05, 0.1) is 16.7 Å². The zero-order valence-electron chi connectivity index (χ0n) is 12.4. The van der Waals surface area contributed by atoms with E-state index in [0.717, 1.165) is 41.0 Å². The van der Waals surface area contributed by atoms with Crippen LogP contribution in [0.15, 0.2) is 48.5 Å². The van der Waals surface area contributed by atoms with Crippen LogP contribution in [-0.4, -0.2) is 15.5 Å². The predicted octanol–water partition coefficient (Wildman–Crippen LogP) is 4.00. The summed E-state index contributed by atoms with van der Waals surface area (Å²) in [5, 5.41) is 3.06. The van der Waals surface area contributed by atoms with Gasteiger partial charge in [-0.15, -0.1) is 0 Å². The topological polar surface area (TPSA) is 46.9 Å². The number of imidazole rings is 1. The van der Waals surface area contributed by atoms with Gasteiger partial charge in [-0.2, -0.15) is 0 Å². The van der Waals surface area contributed by atoms with Crippen LogP contribution in [0.25, 0.3) is 22.4 Å². The third-order valence-corrected chi connectivity index (χ3v) is 4.20. The molecule has 0 saturated heterocycles. The first-order valence-corrected chi connectivity index (χ1v) is 7.67. The number of fused-ring (bicyclic) bond motifs is 5. The van der Waals surface area contributed by atoms with E-state index in [-0.39, 0.29) is 11.9 Å². The maximum Gasteiger partial charge on any atom is 0.247 e. The summed E-state index contributed by atoms with van der Waals surface area (Å²) in [4.78, 5) is 17.5. The Hall–Kier alpha value is -2.62. The highest BCUT2D eigenvalue weighted by atomic mass is 16.2. The summed E-state index contributed by atoms with van der Waals surface area (Å²) in [6, 6.07) is 15.7. The van der Waals surface area contributed by atoms with Crippen molar-refractivity contribution in [2.45, 2.75) is 25.8 Å². The molecule has 0 spiro atoms. The van der Waals surface area contributed by atoms with Gasteiger partial charge >= 0.3 is 0 Å². The van der Waals surface area contributed by atoms with E-state index in [0.29, 0.717) is 0 Å². The van der Waals surface area contributed by atoms with E-state index in [4.69, 9.17) is 4.98 Å². The SMILES string of the molecule is CCCC1C(=O)Nc2ccccc2-c2nc3ccccc3n21. The number of anilines is 1. The Balaban J connectivity index is 2.07. The van der Waals surface area contributed by atoms with Crippen molar-refractivity contribution in [2.75, 3.05) is 5.32 Å². The van der Waals surface area contributed by atoms with Gasteiger partial charge in [0, 0.05) is 5.56 Å². The summed E-state index contributed by atoms with van der Waals surface area (Å²) in [5.74, 6) is 0.907. The van der Waals surface area contributed by atoms with Crippen LogP contribution in [0.3, 0.4) is 0 Å². The van der Waals surface area contributed by atoms with Crippen LogP contribution in [0.5, 0.6) is 0 Å². The molecule has 1 aliphatic heterocycles. The maximum absolute atomic E-state index is 12.7. The minimum atomic E-state index is -0.222. The highest BCUT2D eigenvalue weighted by Crippen LogP contribution is 2.37. The molecule has 1 amide bonds. The Labute approximate surface area is 128 Å². The van der Waals surface area contributed by atoms with Gasteiger partial charge in [0.1, 0.15) is 11.9 Å². The first-order valence-electron chi connectivity index (χ1n) is 7.67. The lowest BCUT2D eigenvalue weighted by Gasteiger charge is -2.17. The number of nitrogens with one attached hydrogen (secondary N) is 1. The average Bonchev–Trinajstić information content (AvgIpc) is 2.87. The lowest BCUT2D eigenvalue weighted by atomic mass is 10.1. The molecule has 2 aromatic carbocycles. The number of rotatable bonds is 2. The Morgan fingerprint density at radius 1 is 1.14 bits per heavy atom. The smallest absolute Gasteiger partial charge is 0.247 e. The minimum Gasteiger partial charge on any atom is -0.324 e. The van der Waals surface area contributed by atoms with Gasteiger partial charge in [-0.1, -0.05) is 37.6 Å². The second-order valence-corrected chi connectivity index (χ2v) is 5.63. The zero-order chi connectivity index (χ0) is 15.1. The van der Waals surface area contributed by atoms with Crippen molar-refractivity contribution in [1.29, 1.82) is 0 Å². The highest BCUT2D eigenvalue weighted by molar-refractivity contribution is 6.01. The normalized spacial score (nSPS) is 16.8. The van der Waals surface area contributed by atoms with Crippen LogP contribution in [0.2, 0.25) is 0 Å². The van der Waals surface area contributed by atoms with Gasteiger partial charge in [0.2, 0.25) is 5.91 Å².